The fourth-order valence-electron chi connectivity index (χ4n) is 4.36. The van der Waals surface area contributed by atoms with Gasteiger partial charge in [-0.1, -0.05) is 18.3 Å². The van der Waals surface area contributed by atoms with E-state index in [0.29, 0.717) is 41.2 Å². The Morgan fingerprint density at radius 3 is 2.72 bits per heavy atom. The monoisotopic (exact) mass is 525 g/mol. The number of furan rings is 1. The minimum Gasteiger partial charge on any atom is -0.497 e. The summed E-state index contributed by atoms with van der Waals surface area (Å²) in [6, 6.07) is 15.3. The molecule has 1 amide bonds. The van der Waals surface area contributed by atoms with Crippen LogP contribution in [-0.2, 0) is 16.6 Å². The summed E-state index contributed by atoms with van der Waals surface area (Å²) in [5.74, 6) is 1.35. The van der Waals surface area contributed by atoms with E-state index < -0.39 is 10.0 Å². The van der Waals surface area contributed by atoms with Crippen LogP contribution < -0.4 is 9.64 Å². The van der Waals surface area contributed by atoms with Crippen LogP contribution in [0.2, 0.25) is 0 Å². The lowest BCUT2D eigenvalue weighted by Crippen LogP contribution is -2.39. The second-order valence-corrected chi connectivity index (χ2v) is 11.9. The normalized spacial score (nSPS) is 16.8. The topological polar surface area (TPSA) is 93.0 Å². The summed E-state index contributed by atoms with van der Waals surface area (Å²) in [7, 11) is -2.00. The quantitative estimate of drug-likeness (QED) is 0.331. The zero-order valence-corrected chi connectivity index (χ0v) is 21.7. The Morgan fingerprint density at radius 2 is 2.03 bits per heavy atom. The lowest BCUT2D eigenvalue weighted by Gasteiger charge is -2.30. The number of carbonyl (C=O) groups is 1. The zero-order valence-electron chi connectivity index (χ0n) is 20.1. The number of hydrogen-bond donors (Lipinski definition) is 0. The van der Waals surface area contributed by atoms with Crippen molar-refractivity contribution in [2.24, 2.45) is 5.92 Å². The number of anilines is 1. The molecule has 1 saturated heterocycles. The predicted octanol–water partition coefficient (Wildman–Crippen LogP) is 5.17. The summed E-state index contributed by atoms with van der Waals surface area (Å²) in [6.07, 6.45) is 3.44. The molecular formula is C26H27N3O5S2. The average Bonchev–Trinajstić information content (AvgIpc) is 3.56. The number of sulfonamides is 1. The molecule has 3 heterocycles. The van der Waals surface area contributed by atoms with Gasteiger partial charge in [0.15, 0.2) is 5.13 Å². The number of fused-ring (bicyclic) bond motifs is 1. The molecule has 2 aromatic heterocycles. The average molecular weight is 526 g/mol. The smallest absolute Gasteiger partial charge is 0.260 e. The van der Waals surface area contributed by atoms with Crippen molar-refractivity contribution in [3.05, 3.63) is 72.2 Å². The molecule has 2 aromatic carbocycles. The molecule has 0 N–H and O–H groups in total. The van der Waals surface area contributed by atoms with Gasteiger partial charge < -0.3 is 9.15 Å². The molecule has 4 aromatic rings. The molecule has 1 fully saturated rings. The van der Waals surface area contributed by atoms with Crippen molar-refractivity contribution < 1.29 is 22.4 Å². The van der Waals surface area contributed by atoms with Crippen molar-refractivity contribution in [3.63, 3.8) is 0 Å². The van der Waals surface area contributed by atoms with Gasteiger partial charge in [-0.2, -0.15) is 4.31 Å². The highest BCUT2D eigenvalue weighted by atomic mass is 32.2. The maximum Gasteiger partial charge on any atom is 0.260 e. The van der Waals surface area contributed by atoms with Gasteiger partial charge in [-0.3, -0.25) is 9.69 Å². The van der Waals surface area contributed by atoms with Crippen LogP contribution in [0.25, 0.3) is 10.2 Å². The number of aromatic nitrogens is 1. The van der Waals surface area contributed by atoms with E-state index in [4.69, 9.17) is 9.15 Å². The van der Waals surface area contributed by atoms with Gasteiger partial charge in [0, 0.05) is 18.7 Å². The van der Waals surface area contributed by atoms with Gasteiger partial charge in [-0.25, -0.2) is 13.4 Å². The number of carbonyl (C=O) groups excluding carboxylic acids is 1. The fraction of sp³-hybridized carbons (Fsp3) is 0.308. The Balaban J connectivity index is 1.45. The van der Waals surface area contributed by atoms with Crippen LogP contribution in [0.15, 0.2) is 70.2 Å². The number of nitrogens with zero attached hydrogens (tertiary/aromatic N) is 3. The van der Waals surface area contributed by atoms with Crippen LogP contribution in [0.1, 0.15) is 35.9 Å². The third-order valence-corrected chi connectivity index (χ3v) is 9.23. The molecule has 0 radical (unpaired) electrons. The van der Waals surface area contributed by atoms with E-state index in [1.807, 2.05) is 18.2 Å². The van der Waals surface area contributed by atoms with Crippen molar-refractivity contribution in [2.75, 3.05) is 25.1 Å². The highest BCUT2D eigenvalue weighted by Gasteiger charge is 2.29. The van der Waals surface area contributed by atoms with Gasteiger partial charge in [-0.15, -0.1) is 0 Å². The fourth-order valence-corrected chi connectivity index (χ4v) is 6.95. The highest BCUT2D eigenvalue weighted by molar-refractivity contribution is 7.89. The molecule has 0 aliphatic carbocycles. The van der Waals surface area contributed by atoms with E-state index in [2.05, 4.69) is 11.9 Å². The first-order valence-electron chi connectivity index (χ1n) is 11.7. The van der Waals surface area contributed by atoms with Gasteiger partial charge >= 0.3 is 0 Å². The molecule has 1 aliphatic heterocycles. The number of rotatable bonds is 7. The number of ether oxygens (including phenoxy) is 1. The summed E-state index contributed by atoms with van der Waals surface area (Å²) in [5, 5.41) is 0.513. The number of thiazole rings is 1. The minimum absolute atomic E-state index is 0.189. The Labute approximate surface area is 214 Å². The van der Waals surface area contributed by atoms with E-state index in [0.717, 1.165) is 23.1 Å². The number of amides is 1. The van der Waals surface area contributed by atoms with Crippen molar-refractivity contribution in [1.82, 2.24) is 9.29 Å². The lowest BCUT2D eigenvalue weighted by atomic mass is 10.0. The summed E-state index contributed by atoms with van der Waals surface area (Å²) in [6.45, 7) is 3.29. The number of benzene rings is 2. The van der Waals surface area contributed by atoms with Crippen LogP contribution in [0.3, 0.4) is 0 Å². The van der Waals surface area contributed by atoms with Gasteiger partial charge in [0.1, 0.15) is 11.5 Å². The second kappa shape index (κ2) is 10.0. The van der Waals surface area contributed by atoms with Gasteiger partial charge in [0.05, 0.1) is 35.0 Å². The lowest BCUT2D eigenvalue weighted by molar-refractivity contribution is 0.0983. The minimum atomic E-state index is -3.60. The van der Waals surface area contributed by atoms with Crippen molar-refractivity contribution >= 4 is 42.6 Å². The molecule has 188 valence electrons. The second-order valence-electron chi connectivity index (χ2n) is 8.94. The number of methoxy groups -OCH3 is 1. The first-order chi connectivity index (χ1) is 17.3. The highest BCUT2D eigenvalue weighted by Crippen LogP contribution is 2.33. The SMILES string of the molecule is COc1ccc2nc(N(Cc3ccco3)C(=O)c3ccc(S(=O)(=O)N4CCCC(C)C4)cc3)sc2c1. The molecule has 36 heavy (non-hydrogen) atoms. The van der Waals surface area contributed by atoms with E-state index in [1.54, 1.807) is 42.5 Å². The number of piperidine rings is 1. The molecule has 10 heteroatoms. The molecule has 1 atom stereocenters. The molecule has 0 saturated carbocycles. The van der Waals surface area contributed by atoms with Crippen molar-refractivity contribution in [3.8, 4) is 5.75 Å². The standard InChI is InChI=1S/C26H27N3O5S2/c1-18-5-3-13-28(16-18)36(31,32)22-10-7-19(8-11-22)25(30)29(17-21-6-4-14-34-21)26-27-23-12-9-20(33-2)15-24(23)35-26/h4,6-12,14-15,18H,3,5,13,16-17H2,1-2H3. The van der Waals surface area contributed by atoms with E-state index in [1.165, 1.54) is 27.8 Å². The van der Waals surface area contributed by atoms with Crippen molar-refractivity contribution in [2.45, 2.75) is 31.2 Å². The molecular weight excluding hydrogens is 498 g/mol. The Hall–Kier alpha value is -3.21. The summed E-state index contributed by atoms with van der Waals surface area (Å²) in [4.78, 5) is 20.0. The van der Waals surface area contributed by atoms with Crippen molar-refractivity contribution in [1.29, 1.82) is 0 Å². The third kappa shape index (κ3) is 4.88. The molecule has 1 aliphatic rings. The van der Waals surface area contributed by atoms with Gasteiger partial charge in [0.2, 0.25) is 10.0 Å². The van der Waals surface area contributed by atoms with Crippen LogP contribution in [0, 0.1) is 5.92 Å². The molecule has 0 bridgehead atoms. The number of hydrogen-bond acceptors (Lipinski definition) is 7. The molecule has 0 spiro atoms. The Kier molecular flexibility index (Phi) is 6.83. The first kappa shape index (κ1) is 24.5. The summed E-state index contributed by atoms with van der Waals surface area (Å²) >= 11 is 1.38. The maximum atomic E-state index is 13.6. The largest absolute Gasteiger partial charge is 0.497 e. The third-order valence-electron chi connectivity index (χ3n) is 6.31. The van der Waals surface area contributed by atoms with Crippen LogP contribution in [0.4, 0.5) is 5.13 Å². The summed E-state index contributed by atoms with van der Waals surface area (Å²) in [5.41, 5.74) is 1.12. The first-order valence-corrected chi connectivity index (χ1v) is 14.0. The maximum absolute atomic E-state index is 13.6. The van der Waals surface area contributed by atoms with E-state index >= 15 is 0 Å². The van der Waals surface area contributed by atoms with E-state index in [9.17, 15) is 13.2 Å². The molecule has 5 rings (SSSR count). The van der Waals surface area contributed by atoms with Gasteiger partial charge in [0.25, 0.3) is 5.91 Å². The van der Waals surface area contributed by atoms with Crippen LogP contribution in [-0.4, -0.2) is 43.8 Å². The summed E-state index contributed by atoms with van der Waals surface area (Å²) < 4.78 is 39.5. The van der Waals surface area contributed by atoms with Crippen LogP contribution in [0.5, 0.6) is 5.75 Å². The molecule has 1 unspecified atom stereocenters. The Morgan fingerprint density at radius 1 is 1.22 bits per heavy atom. The zero-order chi connectivity index (χ0) is 25.3. The predicted molar refractivity (Wildman–Crippen MR) is 139 cm³/mol. The Bertz CT molecular complexity index is 1460. The molecule has 8 nitrogen and oxygen atoms in total. The van der Waals surface area contributed by atoms with Crippen LogP contribution >= 0.6 is 11.3 Å². The van der Waals surface area contributed by atoms with E-state index in [-0.39, 0.29) is 17.3 Å². The van der Waals surface area contributed by atoms with Gasteiger partial charge in [-0.05, 0) is 73.4 Å².